The summed E-state index contributed by atoms with van der Waals surface area (Å²) in [5.41, 5.74) is 0.748. The standard InChI is InChI=1S/C20H21F3N6/c1-24-17-14(20(21,22)23)9-26-19(28-17)27-15-10-29(18-13(15)3-2-8-25-18)16(11-4-5-11)12-6-7-12/h2-3,8-12,16H,4-7H2,1H3,(H2,24,26,27,28). The Kier molecular flexibility index (Phi) is 4.15. The van der Waals surface area contributed by atoms with Crippen LogP contribution in [0.5, 0.6) is 0 Å². The predicted molar refractivity (Wildman–Crippen MR) is 104 cm³/mol. The largest absolute Gasteiger partial charge is 0.421 e. The van der Waals surface area contributed by atoms with E-state index in [9.17, 15) is 13.2 Å². The Hall–Kier alpha value is -2.84. The van der Waals surface area contributed by atoms with Crippen LogP contribution in [-0.2, 0) is 6.18 Å². The normalized spacial score (nSPS) is 17.1. The van der Waals surface area contributed by atoms with Crippen molar-refractivity contribution in [2.45, 2.75) is 37.9 Å². The first-order valence-electron chi connectivity index (χ1n) is 9.80. The third-order valence-corrected chi connectivity index (χ3v) is 5.70. The van der Waals surface area contributed by atoms with Gasteiger partial charge in [0, 0.05) is 37.1 Å². The van der Waals surface area contributed by atoms with Gasteiger partial charge in [0.2, 0.25) is 5.95 Å². The number of nitrogens with one attached hydrogen (secondary N) is 2. The summed E-state index contributed by atoms with van der Waals surface area (Å²) in [7, 11) is 1.41. The first kappa shape index (κ1) is 18.2. The zero-order valence-electron chi connectivity index (χ0n) is 15.9. The summed E-state index contributed by atoms with van der Waals surface area (Å²) in [6, 6.07) is 4.25. The van der Waals surface area contributed by atoms with E-state index in [1.165, 1.54) is 32.7 Å². The number of hydrogen-bond donors (Lipinski definition) is 2. The summed E-state index contributed by atoms with van der Waals surface area (Å²) >= 11 is 0. The number of anilines is 3. The molecule has 3 heterocycles. The van der Waals surface area contributed by atoms with Crippen molar-refractivity contribution in [3.63, 3.8) is 0 Å². The number of nitrogens with zero attached hydrogens (tertiary/aromatic N) is 4. The predicted octanol–water partition coefficient (Wildman–Crippen LogP) is 4.99. The van der Waals surface area contributed by atoms with Gasteiger partial charge in [-0.3, -0.25) is 0 Å². The number of hydrogen-bond acceptors (Lipinski definition) is 5. The molecule has 152 valence electrons. The highest BCUT2D eigenvalue weighted by atomic mass is 19.4. The average molecular weight is 402 g/mol. The molecule has 0 aliphatic heterocycles. The zero-order valence-corrected chi connectivity index (χ0v) is 15.9. The molecule has 2 aliphatic carbocycles. The molecule has 2 fully saturated rings. The maximum absolute atomic E-state index is 13.1. The van der Waals surface area contributed by atoms with E-state index in [0.29, 0.717) is 17.9 Å². The molecule has 0 spiro atoms. The van der Waals surface area contributed by atoms with E-state index in [0.717, 1.165) is 22.9 Å². The molecule has 0 radical (unpaired) electrons. The summed E-state index contributed by atoms with van der Waals surface area (Å²) in [6.45, 7) is 0. The monoisotopic (exact) mass is 402 g/mol. The SMILES string of the molecule is CNc1nc(Nc2cn(C(C3CC3)C3CC3)c3ncccc23)ncc1C(F)(F)F. The Morgan fingerprint density at radius 1 is 1.14 bits per heavy atom. The van der Waals surface area contributed by atoms with Crippen molar-refractivity contribution in [3.05, 3.63) is 36.3 Å². The maximum Gasteiger partial charge on any atom is 0.421 e. The van der Waals surface area contributed by atoms with Gasteiger partial charge in [-0.15, -0.1) is 0 Å². The number of alkyl halides is 3. The smallest absolute Gasteiger partial charge is 0.372 e. The summed E-state index contributed by atoms with van der Waals surface area (Å²) in [4.78, 5) is 12.5. The minimum absolute atomic E-state index is 0.111. The van der Waals surface area contributed by atoms with E-state index in [-0.39, 0.29) is 11.8 Å². The fourth-order valence-corrected chi connectivity index (χ4v) is 4.08. The lowest BCUT2D eigenvalue weighted by Crippen LogP contribution is -2.13. The third kappa shape index (κ3) is 3.38. The van der Waals surface area contributed by atoms with Crippen LogP contribution in [-0.4, -0.2) is 26.6 Å². The topological polar surface area (TPSA) is 67.7 Å². The molecule has 0 saturated heterocycles. The summed E-state index contributed by atoms with van der Waals surface area (Å²) in [5.74, 6) is 1.22. The molecule has 2 saturated carbocycles. The Balaban J connectivity index is 1.53. The van der Waals surface area contributed by atoms with Crippen LogP contribution < -0.4 is 10.6 Å². The van der Waals surface area contributed by atoms with Crippen molar-refractivity contribution >= 4 is 28.5 Å². The molecular formula is C20H21F3N6. The maximum atomic E-state index is 13.1. The van der Waals surface area contributed by atoms with Gasteiger partial charge < -0.3 is 15.2 Å². The third-order valence-electron chi connectivity index (χ3n) is 5.70. The molecule has 0 bridgehead atoms. The van der Waals surface area contributed by atoms with E-state index in [1.807, 2.05) is 18.3 Å². The van der Waals surface area contributed by atoms with Crippen molar-refractivity contribution in [1.82, 2.24) is 19.5 Å². The first-order chi connectivity index (χ1) is 14.0. The van der Waals surface area contributed by atoms with Crippen molar-refractivity contribution in [3.8, 4) is 0 Å². The molecule has 2 aliphatic rings. The van der Waals surface area contributed by atoms with Gasteiger partial charge in [0.05, 0.1) is 5.69 Å². The summed E-state index contributed by atoms with van der Waals surface area (Å²) in [5, 5.41) is 6.52. The van der Waals surface area contributed by atoms with Crippen LogP contribution >= 0.6 is 0 Å². The lowest BCUT2D eigenvalue weighted by molar-refractivity contribution is -0.137. The van der Waals surface area contributed by atoms with Crippen LogP contribution in [0.4, 0.5) is 30.6 Å². The van der Waals surface area contributed by atoms with Gasteiger partial charge in [0.25, 0.3) is 0 Å². The molecule has 0 amide bonds. The molecular weight excluding hydrogens is 381 g/mol. The van der Waals surface area contributed by atoms with Gasteiger partial charge >= 0.3 is 6.18 Å². The Morgan fingerprint density at radius 3 is 2.48 bits per heavy atom. The Labute approximate surface area is 165 Å². The number of aromatic nitrogens is 4. The first-order valence-corrected chi connectivity index (χ1v) is 9.80. The molecule has 0 unspecified atom stereocenters. The Bertz CT molecular complexity index is 1040. The average Bonchev–Trinajstić information content (AvgIpc) is 3.62. The second-order valence-electron chi connectivity index (χ2n) is 7.82. The van der Waals surface area contributed by atoms with Crippen LogP contribution in [0.1, 0.15) is 37.3 Å². The summed E-state index contributed by atoms with van der Waals surface area (Å²) in [6.07, 6.45) is 5.03. The molecule has 3 aromatic rings. The zero-order chi connectivity index (χ0) is 20.2. The van der Waals surface area contributed by atoms with Crippen molar-refractivity contribution in [2.24, 2.45) is 11.8 Å². The second-order valence-corrected chi connectivity index (χ2v) is 7.82. The lowest BCUT2D eigenvalue weighted by Gasteiger charge is -2.18. The van der Waals surface area contributed by atoms with Crippen molar-refractivity contribution in [2.75, 3.05) is 17.7 Å². The molecule has 5 rings (SSSR count). The number of fused-ring (bicyclic) bond motifs is 1. The molecule has 2 N–H and O–H groups in total. The second kappa shape index (κ2) is 6.60. The molecule has 9 heteroatoms. The van der Waals surface area contributed by atoms with E-state index in [2.05, 4.69) is 30.2 Å². The van der Waals surface area contributed by atoms with Crippen LogP contribution in [0, 0.1) is 11.8 Å². The van der Waals surface area contributed by atoms with Gasteiger partial charge in [-0.1, -0.05) is 0 Å². The van der Waals surface area contributed by atoms with E-state index in [4.69, 9.17) is 0 Å². The number of pyridine rings is 1. The van der Waals surface area contributed by atoms with Gasteiger partial charge in [-0.2, -0.15) is 18.2 Å². The Morgan fingerprint density at radius 2 is 1.86 bits per heavy atom. The van der Waals surface area contributed by atoms with E-state index < -0.39 is 11.7 Å². The minimum Gasteiger partial charge on any atom is -0.372 e. The van der Waals surface area contributed by atoms with E-state index >= 15 is 0 Å². The molecule has 0 atom stereocenters. The van der Waals surface area contributed by atoms with Crippen molar-refractivity contribution in [1.29, 1.82) is 0 Å². The molecule has 3 aromatic heterocycles. The van der Waals surface area contributed by atoms with Crippen LogP contribution in [0.3, 0.4) is 0 Å². The number of halogens is 3. The van der Waals surface area contributed by atoms with Gasteiger partial charge in [-0.25, -0.2) is 9.97 Å². The highest BCUT2D eigenvalue weighted by Crippen LogP contribution is 2.53. The molecule has 0 aromatic carbocycles. The fraction of sp³-hybridized carbons (Fsp3) is 0.450. The number of rotatable bonds is 6. The van der Waals surface area contributed by atoms with Crippen LogP contribution in [0.15, 0.2) is 30.7 Å². The van der Waals surface area contributed by atoms with Gasteiger partial charge in [0.15, 0.2) is 0 Å². The highest BCUT2D eigenvalue weighted by molar-refractivity contribution is 5.92. The summed E-state index contributed by atoms with van der Waals surface area (Å²) < 4.78 is 41.6. The molecule has 29 heavy (non-hydrogen) atoms. The van der Waals surface area contributed by atoms with E-state index in [1.54, 1.807) is 6.20 Å². The quantitative estimate of drug-likeness (QED) is 0.608. The van der Waals surface area contributed by atoms with Crippen molar-refractivity contribution < 1.29 is 13.2 Å². The van der Waals surface area contributed by atoms with Gasteiger partial charge in [0.1, 0.15) is 17.0 Å². The fourth-order valence-electron chi connectivity index (χ4n) is 4.08. The molecule has 6 nitrogen and oxygen atoms in total. The van der Waals surface area contributed by atoms with Crippen LogP contribution in [0.25, 0.3) is 11.0 Å². The minimum atomic E-state index is -4.52. The van der Waals surface area contributed by atoms with Gasteiger partial charge in [-0.05, 0) is 49.7 Å². The lowest BCUT2D eigenvalue weighted by atomic mass is 10.1. The highest BCUT2D eigenvalue weighted by Gasteiger charge is 2.43. The van der Waals surface area contributed by atoms with Crippen LogP contribution in [0.2, 0.25) is 0 Å².